The highest BCUT2D eigenvalue weighted by atomic mass is 32.2. The van der Waals surface area contributed by atoms with Crippen LogP contribution in [0.4, 0.5) is 0 Å². The molecule has 9 nitrogen and oxygen atoms in total. The molecule has 0 atom stereocenters. The summed E-state index contributed by atoms with van der Waals surface area (Å²) in [5.74, 6) is 0.107. The van der Waals surface area contributed by atoms with E-state index < -0.39 is 29.7 Å². The van der Waals surface area contributed by atoms with Crippen LogP contribution in [-0.2, 0) is 19.7 Å². The van der Waals surface area contributed by atoms with Crippen LogP contribution in [0, 0.1) is 5.21 Å². The summed E-state index contributed by atoms with van der Waals surface area (Å²) >= 11 is 0. The Hall–Kier alpha value is -3.18. The van der Waals surface area contributed by atoms with Gasteiger partial charge in [-0.3, -0.25) is 0 Å². The number of rotatable bonds is 6. The Morgan fingerprint density at radius 3 is 1.72 bits per heavy atom. The average Bonchev–Trinajstić information content (AvgIpc) is 2.73. The topological polar surface area (TPSA) is 127 Å². The molecule has 0 N–H and O–H groups in total. The molecule has 11 heteroatoms. The lowest BCUT2D eigenvalue weighted by molar-refractivity contribution is -0.711. The van der Waals surface area contributed by atoms with Crippen LogP contribution in [0.25, 0.3) is 0 Å². The number of para-hydroxylation sites is 2. The molecule has 0 saturated carbocycles. The molecule has 0 spiro atoms. The lowest BCUT2D eigenvalue weighted by Crippen LogP contribution is -2.39. The molecule has 0 aliphatic carbocycles. The zero-order chi connectivity index (χ0) is 21.2. The van der Waals surface area contributed by atoms with Crippen molar-refractivity contribution in [2.24, 2.45) is 0 Å². The maximum absolute atomic E-state index is 12.9. The van der Waals surface area contributed by atoms with Crippen LogP contribution in [0.15, 0.2) is 80.5 Å². The third-order valence-corrected chi connectivity index (χ3v) is 7.46. The summed E-state index contributed by atoms with van der Waals surface area (Å²) in [6.07, 6.45) is 0. The maximum atomic E-state index is 12.9. The third kappa shape index (κ3) is 3.61. The van der Waals surface area contributed by atoms with Crippen molar-refractivity contribution in [1.82, 2.24) is 5.10 Å². The summed E-state index contributed by atoms with van der Waals surface area (Å²) in [7, 11) is -5.93. The maximum Gasteiger partial charge on any atom is 0.339 e. The quantitative estimate of drug-likeness (QED) is 0.419. The minimum absolute atomic E-state index is 0.0400. The normalized spacial score (nSPS) is 11.8. The van der Waals surface area contributed by atoms with Gasteiger partial charge in [0.2, 0.25) is 14.9 Å². The predicted molar refractivity (Wildman–Crippen MR) is 100 cm³/mol. The first-order valence-corrected chi connectivity index (χ1v) is 11.1. The van der Waals surface area contributed by atoms with Gasteiger partial charge in [-0.15, -0.1) is 0 Å². The van der Waals surface area contributed by atoms with Crippen molar-refractivity contribution < 1.29 is 31.2 Å². The molecule has 3 rings (SSSR count). The Labute approximate surface area is 167 Å². The fourth-order valence-electron chi connectivity index (χ4n) is 2.62. The van der Waals surface area contributed by atoms with Gasteiger partial charge in [0.25, 0.3) is 9.84 Å². The first-order chi connectivity index (χ1) is 13.7. The average molecular weight is 436 g/mol. The monoisotopic (exact) mass is 436 g/mol. The summed E-state index contributed by atoms with van der Waals surface area (Å²) in [4.78, 5) is -0.672. The Kier molecular flexibility index (Phi) is 5.44. The molecule has 1 aromatic heterocycles. The standard InChI is InChI=1S/C18H16N2O7S2/c1-26-13-7-3-5-9-15(13)28(22,23)17-11-12-18(20(21)19-17)29(24,25)16-10-6-4-8-14(16)27-2/h3-12H,1-2H3. The lowest BCUT2D eigenvalue weighted by Gasteiger charge is -2.10. The van der Waals surface area contributed by atoms with Gasteiger partial charge < -0.3 is 14.7 Å². The molecule has 152 valence electrons. The zero-order valence-electron chi connectivity index (χ0n) is 15.3. The third-order valence-electron chi connectivity index (χ3n) is 4.01. The first-order valence-electron chi connectivity index (χ1n) is 8.10. The van der Waals surface area contributed by atoms with Crippen molar-refractivity contribution in [3.8, 4) is 11.5 Å². The van der Waals surface area contributed by atoms with E-state index >= 15 is 0 Å². The minimum atomic E-state index is -4.31. The lowest BCUT2D eigenvalue weighted by atomic mass is 10.3. The molecule has 0 amide bonds. The molecule has 0 bridgehead atoms. The predicted octanol–water partition coefficient (Wildman–Crippen LogP) is 1.40. The largest absolute Gasteiger partial charge is 0.593 e. The van der Waals surface area contributed by atoms with Gasteiger partial charge in [0.15, 0.2) is 0 Å². The van der Waals surface area contributed by atoms with Crippen LogP contribution in [0.5, 0.6) is 11.5 Å². The van der Waals surface area contributed by atoms with Crippen LogP contribution >= 0.6 is 0 Å². The smallest absolute Gasteiger partial charge is 0.339 e. The highest BCUT2D eigenvalue weighted by Gasteiger charge is 2.33. The second-order valence-electron chi connectivity index (χ2n) is 5.69. The van der Waals surface area contributed by atoms with Crippen LogP contribution < -0.4 is 14.3 Å². The van der Waals surface area contributed by atoms with E-state index in [0.29, 0.717) is 0 Å². The van der Waals surface area contributed by atoms with E-state index in [2.05, 4.69) is 5.10 Å². The summed E-state index contributed by atoms with van der Waals surface area (Å²) in [5.41, 5.74) is 0. The molecule has 0 saturated heterocycles. The minimum Gasteiger partial charge on any atom is -0.593 e. The van der Waals surface area contributed by atoms with Gasteiger partial charge in [-0.05, 0) is 35.2 Å². The molecular formula is C18H16N2O7S2. The van der Waals surface area contributed by atoms with Gasteiger partial charge in [-0.1, -0.05) is 24.3 Å². The van der Waals surface area contributed by atoms with Crippen molar-refractivity contribution in [3.63, 3.8) is 0 Å². The second kappa shape index (κ2) is 7.68. The SMILES string of the molecule is COc1ccccc1S(=O)(=O)c1ccc(S(=O)(=O)c2ccccc2OC)[n+]([O-])n1. The van der Waals surface area contributed by atoms with Crippen molar-refractivity contribution in [2.45, 2.75) is 19.8 Å². The number of methoxy groups -OCH3 is 2. The van der Waals surface area contributed by atoms with Crippen molar-refractivity contribution in [2.75, 3.05) is 14.2 Å². The summed E-state index contributed by atoms with van der Waals surface area (Å²) in [5, 5.41) is 14.5. The highest BCUT2D eigenvalue weighted by Crippen LogP contribution is 2.30. The molecule has 0 fully saturated rings. The Morgan fingerprint density at radius 1 is 0.759 bits per heavy atom. The zero-order valence-corrected chi connectivity index (χ0v) is 17.0. The number of hydrogen-bond acceptors (Lipinski definition) is 8. The van der Waals surface area contributed by atoms with Gasteiger partial charge in [-0.2, -0.15) is 0 Å². The number of ether oxygens (including phenoxy) is 2. The van der Waals surface area contributed by atoms with E-state index in [-0.39, 0.29) is 26.1 Å². The van der Waals surface area contributed by atoms with Crippen LogP contribution in [0.2, 0.25) is 0 Å². The number of benzene rings is 2. The van der Waals surface area contributed by atoms with Crippen molar-refractivity contribution in [3.05, 3.63) is 65.9 Å². The fraction of sp³-hybridized carbons (Fsp3) is 0.111. The summed E-state index contributed by atoms with van der Waals surface area (Å²) in [6, 6.07) is 13.4. The van der Waals surface area contributed by atoms with E-state index in [9.17, 15) is 22.0 Å². The van der Waals surface area contributed by atoms with Gasteiger partial charge in [0.05, 0.1) is 14.2 Å². The molecular weight excluding hydrogens is 420 g/mol. The molecule has 0 unspecified atom stereocenters. The summed E-state index contributed by atoms with van der Waals surface area (Å²) in [6.45, 7) is 0. The van der Waals surface area contributed by atoms with Crippen molar-refractivity contribution >= 4 is 19.7 Å². The molecule has 1 heterocycles. The van der Waals surface area contributed by atoms with Gasteiger partial charge in [0, 0.05) is 11.2 Å². The van der Waals surface area contributed by atoms with Gasteiger partial charge in [-0.25, -0.2) is 16.8 Å². The first kappa shape index (κ1) is 20.6. The fourth-order valence-corrected chi connectivity index (χ4v) is 5.34. The number of nitrogens with zero attached hydrogens (tertiary/aromatic N) is 2. The molecule has 29 heavy (non-hydrogen) atoms. The molecule has 2 aromatic carbocycles. The highest BCUT2D eigenvalue weighted by molar-refractivity contribution is 7.91. The number of aromatic nitrogens is 2. The van der Waals surface area contributed by atoms with Crippen LogP contribution in [0.1, 0.15) is 0 Å². The molecule has 0 radical (unpaired) electrons. The van der Waals surface area contributed by atoms with Crippen LogP contribution in [-0.4, -0.2) is 36.2 Å². The Balaban J connectivity index is 2.12. The van der Waals surface area contributed by atoms with Gasteiger partial charge in [0.1, 0.15) is 21.3 Å². The van der Waals surface area contributed by atoms with Crippen LogP contribution in [0.3, 0.4) is 0 Å². The summed E-state index contributed by atoms with van der Waals surface area (Å²) < 4.78 is 61.5. The second-order valence-corrected chi connectivity index (χ2v) is 9.42. The van der Waals surface area contributed by atoms with E-state index in [0.717, 1.165) is 12.1 Å². The molecule has 0 aliphatic heterocycles. The Morgan fingerprint density at radius 2 is 1.24 bits per heavy atom. The Bertz CT molecular complexity index is 1270. The van der Waals surface area contributed by atoms with E-state index in [1.807, 2.05) is 0 Å². The number of sulfone groups is 2. The van der Waals surface area contributed by atoms with Crippen molar-refractivity contribution in [1.29, 1.82) is 0 Å². The molecule has 0 aliphatic rings. The molecule has 3 aromatic rings. The van der Waals surface area contributed by atoms with Gasteiger partial charge >= 0.3 is 5.03 Å². The van der Waals surface area contributed by atoms with E-state index in [4.69, 9.17) is 9.47 Å². The van der Waals surface area contributed by atoms with E-state index in [1.54, 1.807) is 12.1 Å². The van der Waals surface area contributed by atoms with E-state index in [1.165, 1.54) is 50.6 Å². The number of hydrogen-bond donors (Lipinski definition) is 0.